The van der Waals surface area contributed by atoms with Gasteiger partial charge in [0.2, 0.25) is 5.82 Å². The molecule has 0 aliphatic heterocycles. The van der Waals surface area contributed by atoms with Gasteiger partial charge in [0.15, 0.2) is 0 Å². The highest BCUT2D eigenvalue weighted by Gasteiger charge is 2.00. The highest BCUT2D eigenvalue weighted by atomic mass is 14.9. The molecule has 0 radical (unpaired) electrons. The van der Waals surface area contributed by atoms with Gasteiger partial charge in [-0.1, -0.05) is 30.3 Å². The zero-order valence-corrected chi connectivity index (χ0v) is 6.86. The average molecular weight is 169 g/mol. The van der Waals surface area contributed by atoms with Gasteiger partial charge in [-0.15, -0.1) is 0 Å². The molecule has 0 unspecified atom stereocenters. The minimum Gasteiger partial charge on any atom is -0.336 e. The maximum Gasteiger partial charge on any atom is 0.210 e. The molecule has 1 aromatic heterocycles. The van der Waals surface area contributed by atoms with Gasteiger partial charge in [-0.3, -0.25) is 0 Å². The molecule has 1 N–H and O–H groups in total. The van der Waals surface area contributed by atoms with Crippen molar-refractivity contribution in [2.75, 3.05) is 0 Å². The van der Waals surface area contributed by atoms with Gasteiger partial charge in [-0.25, -0.2) is 4.98 Å². The van der Waals surface area contributed by atoms with Crippen molar-refractivity contribution in [3.63, 3.8) is 0 Å². The molecule has 0 spiro atoms. The average Bonchev–Trinajstić information content (AvgIpc) is 2.67. The van der Waals surface area contributed by atoms with E-state index in [1.54, 1.807) is 6.20 Å². The predicted octanol–water partition coefficient (Wildman–Crippen LogP) is 1.95. The van der Waals surface area contributed by atoms with E-state index in [1.807, 2.05) is 36.4 Å². The van der Waals surface area contributed by atoms with Gasteiger partial charge in [-0.05, 0) is 0 Å². The van der Waals surface area contributed by atoms with E-state index < -0.39 is 0 Å². The summed E-state index contributed by atoms with van der Waals surface area (Å²) in [7, 11) is 0. The van der Waals surface area contributed by atoms with Gasteiger partial charge in [0, 0.05) is 11.8 Å². The van der Waals surface area contributed by atoms with Gasteiger partial charge in [0.1, 0.15) is 6.07 Å². The molecular formula is C10H7N3. The van der Waals surface area contributed by atoms with E-state index in [2.05, 4.69) is 9.97 Å². The number of nitrogens with zero attached hydrogens (tertiary/aromatic N) is 2. The summed E-state index contributed by atoms with van der Waals surface area (Å²) in [6.07, 6.45) is 1.73. The number of H-pyrrole nitrogens is 1. The molecule has 3 nitrogen and oxygen atoms in total. The second-order valence-corrected chi connectivity index (χ2v) is 2.61. The van der Waals surface area contributed by atoms with E-state index in [9.17, 15) is 0 Å². The van der Waals surface area contributed by atoms with Gasteiger partial charge < -0.3 is 4.98 Å². The number of hydrogen-bond donors (Lipinski definition) is 1. The lowest BCUT2D eigenvalue weighted by Crippen LogP contribution is -1.77. The van der Waals surface area contributed by atoms with E-state index in [1.165, 1.54) is 0 Å². The molecule has 1 aromatic carbocycles. The first-order valence-electron chi connectivity index (χ1n) is 3.91. The Labute approximate surface area is 75.7 Å². The van der Waals surface area contributed by atoms with Crippen LogP contribution in [-0.2, 0) is 0 Å². The minimum atomic E-state index is 0.346. The van der Waals surface area contributed by atoms with Crippen molar-refractivity contribution in [3.05, 3.63) is 42.4 Å². The molecule has 2 aromatic rings. The quantitative estimate of drug-likeness (QED) is 0.709. The van der Waals surface area contributed by atoms with Crippen molar-refractivity contribution < 1.29 is 0 Å². The first-order chi connectivity index (χ1) is 6.40. The van der Waals surface area contributed by atoms with E-state index in [0.29, 0.717) is 5.82 Å². The number of nitriles is 1. The molecule has 0 aliphatic carbocycles. The number of hydrogen-bond acceptors (Lipinski definition) is 2. The number of nitrogens with one attached hydrogen (secondary N) is 1. The summed E-state index contributed by atoms with van der Waals surface area (Å²) in [6, 6.07) is 11.7. The van der Waals surface area contributed by atoms with Gasteiger partial charge >= 0.3 is 0 Å². The fourth-order valence-electron chi connectivity index (χ4n) is 1.14. The van der Waals surface area contributed by atoms with Crippen molar-refractivity contribution in [2.24, 2.45) is 0 Å². The number of aromatic nitrogens is 2. The van der Waals surface area contributed by atoms with E-state index in [4.69, 9.17) is 5.26 Å². The van der Waals surface area contributed by atoms with Crippen molar-refractivity contribution >= 4 is 0 Å². The highest BCUT2D eigenvalue weighted by Crippen LogP contribution is 2.15. The Hall–Kier alpha value is -2.08. The Morgan fingerprint density at radius 3 is 2.62 bits per heavy atom. The van der Waals surface area contributed by atoms with Crippen LogP contribution < -0.4 is 0 Å². The maximum atomic E-state index is 8.55. The van der Waals surface area contributed by atoms with Crippen molar-refractivity contribution in [1.82, 2.24) is 9.97 Å². The SMILES string of the molecule is N#Cc1nc(-c2ccccc2)c[nH]1. The van der Waals surface area contributed by atoms with Crippen LogP contribution in [0.15, 0.2) is 36.5 Å². The lowest BCUT2D eigenvalue weighted by Gasteiger charge is -1.92. The van der Waals surface area contributed by atoms with Crippen LogP contribution in [0.2, 0.25) is 0 Å². The molecule has 0 bridgehead atoms. The molecule has 0 saturated heterocycles. The first-order valence-corrected chi connectivity index (χ1v) is 3.91. The summed E-state index contributed by atoms with van der Waals surface area (Å²) in [4.78, 5) is 6.86. The Morgan fingerprint density at radius 1 is 1.23 bits per heavy atom. The third-order valence-electron chi connectivity index (χ3n) is 1.75. The van der Waals surface area contributed by atoms with Crippen molar-refractivity contribution in [3.8, 4) is 17.3 Å². The summed E-state index contributed by atoms with van der Waals surface area (Å²) < 4.78 is 0. The third-order valence-corrected chi connectivity index (χ3v) is 1.75. The lowest BCUT2D eigenvalue weighted by molar-refractivity contribution is 1.23. The molecule has 2 rings (SSSR count). The smallest absolute Gasteiger partial charge is 0.210 e. The molecule has 0 saturated carbocycles. The van der Waals surface area contributed by atoms with Crippen molar-refractivity contribution in [2.45, 2.75) is 0 Å². The number of aromatic amines is 1. The van der Waals surface area contributed by atoms with Crippen LogP contribution in [0.1, 0.15) is 5.82 Å². The van der Waals surface area contributed by atoms with Gasteiger partial charge in [-0.2, -0.15) is 5.26 Å². The third kappa shape index (κ3) is 1.42. The largest absolute Gasteiger partial charge is 0.336 e. The zero-order valence-electron chi connectivity index (χ0n) is 6.86. The fraction of sp³-hybridized carbons (Fsp3) is 0. The van der Waals surface area contributed by atoms with Gasteiger partial charge in [0.25, 0.3) is 0 Å². The zero-order chi connectivity index (χ0) is 9.10. The second kappa shape index (κ2) is 3.11. The Balaban J connectivity index is 2.43. The molecule has 3 heteroatoms. The van der Waals surface area contributed by atoms with Crippen LogP contribution in [0.5, 0.6) is 0 Å². The summed E-state index contributed by atoms with van der Waals surface area (Å²) in [6.45, 7) is 0. The molecule has 62 valence electrons. The second-order valence-electron chi connectivity index (χ2n) is 2.61. The number of imidazole rings is 1. The molecular weight excluding hydrogens is 162 g/mol. The molecule has 0 aliphatic rings. The topological polar surface area (TPSA) is 52.5 Å². The molecule has 0 atom stereocenters. The van der Waals surface area contributed by atoms with Crippen LogP contribution in [0, 0.1) is 11.3 Å². The molecule has 13 heavy (non-hydrogen) atoms. The lowest BCUT2D eigenvalue weighted by atomic mass is 10.2. The predicted molar refractivity (Wildman–Crippen MR) is 48.7 cm³/mol. The molecule has 0 fully saturated rings. The fourth-order valence-corrected chi connectivity index (χ4v) is 1.14. The van der Waals surface area contributed by atoms with Crippen LogP contribution in [0.3, 0.4) is 0 Å². The number of benzene rings is 1. The van der Waals surface area contributed by atoms with E-state index in [0.717, 1.165) is 11.3 Å². The first kappa shape index (κ1) is 7.56. The van der Waals surface area contributed by atoms with Crippen LogP contribution >= 0.6 is 0 Å². The Morgan fingerprint density at radius 2 is 2.00 bits per heavy atom. The standard InChI is InChI=1S/C10H7N3/c11-6-10-12-7-9(13-10)8-4-2-1-3-5-8/h1-5,7H,(H,12,13). The summed E-state index contributed by atoms with van der Waals surface area (Å²) in [5.41, 5.74) is 1.82. The van der Waals surface area contributed by atoms with E-state index in [-0.39, 0.29) is 0 Å². The minimum absolute atomic E-state index is 0.346. The summed E-state index contributed by atoms with van der Waals surface area (Å²) in [5, 5.41) is 8.55. The summed E-state index contributed by atoms with van der Waals surface area (Å²) >= 11 is 0. The monoisotopic (exact) mass is 169 g/mol. The van der Waals surface area contributed by atoms with Crippen LogP contribution in [0.25, 0.3) is 11.3 Å². The van der Waals surface area contributed by atoms with E-state index >= 15 is 0 Å². The van der Waals surface area contributed by atoms with Crippen molar-refractivity contribution in [1.29, 1.82) is 5.26 Å². The normalized spacial score (nSPS) is 9.46. The molecule has 0 amide bonds. The highest BCUT2D eigenvalue weighted by molar-refractivity contribution is 5.58. The van der Waals surface area contributed by atoms with Crippen LogP contribution in [-0.4, -0.2) is 9.97 Å². The summed E-state index contributed by atoms with van der Waals surface area (Å²) in [5.74, 6) is 0.346. The maximum absolute atomic E-state index is 8.55. The number of rotatable bonds is 1. The van der Waals surface area contributed by atoms with Crippen LogP contribution in [0.4, 0.5) is 0 Å². The Bertz CT molecular complexity index is 437. The van der Waals surface area contributed by atoms with Gasteiger partial charge in [0.05, 0.1) is 5.69 Å². The molecule has 1 heterocycles. The Kier molecular flexibility index (Phi) is 1.81.